The van der Waals surface area contributed by atoms with Gasteiger partial charge in [-0.2, -0.15) is 0 Å². The Balaban J connectivity index is 2.15. The molecule has 1 fully saturated rings. The summed E-state index contributed by atoms with van der Waals surface area (Å²) in [4.78, 5) is 10.8. The Bertz CT molecular complexity index is 140. The van der Waals surface area contributed by atoms with E-state index in [1.807, 2.05) is 0 Å². The predicted octanol–water partition coefficient (Wildman–Crippen LogP) is 1.15. The number of hydrogen-bond donors (Lipinski definition) is 0. The van der Waals surface area contributed by atoms with Crippen LogP contribution in [0.25, 0.3) is 0 Å². The Kier molecular flexibility index (Phi) is 3.87. The fourth-order valence-corrected chi connectivity index (χ4v) is 1.05. The van der Waals surface area contributed by atoms with E-state index in [0.717, 1.165) is 12.8 Å². The summed E-state index contributed by atoms with van der Waals surface area (Å²) >= 11 is 0. The average Bonchev–Trinajstić information content (AvgIpc) is 2.06. The largest absolute Gasteiger partial charge is 0.508 e. The van der Waals surface area contributed by atoms with Crippen LogP contribution in [-0.4, -0.2) is 32.1 Å². The van der Waals surface area contributed by atoms with Gasteiger partial charge in [0.15, 0.2) is 0 Å². The first-order valence-electron chi connectivity index (χ1n) is 4.03. The monoisotopic (exact) mass is 173 g/mol. The summed E-state index contributed by atoms with van der Waals surface area (Å²) in [5, 5.41) is 0. The zero-order valence-corrected chi connectivity index (χ0v) is 6.95. The molecule has 0 aromatic heterocycles. The van der Waals surface area contributed by atoms with Gasteiger partial charge in [-0.1, -0.05) is 0 Å². The summed E-state index contributed by atoms with van der Waals surface area (Å²) in [6.07, 6.45) is 0.841. The van der Waals surface area contributed by atoms with Crippen LogP contribution in [-0.2, 0) is 14.2 Å². The van der Waals surface area contributed by atoms with Crippen LogP contribution in [0.5, 0.6) is 0 Å². The molecule has 0 aliphatic carbocycles. The minimum atomic E-state index is -0.628. The fraction of sp³-hybridized carbons (Fsp3) is 0.750. The van der Waals surface area contributed by atoms with Gasteiger partial charge in [0.05, 0.1) is 19.8 Å². The van der Waals surface area contributed by atoms with Gasteiger partial charge in [-0.15, -0.1) is 0 Å². The molecule has 69 valence electrons. The van der Waals surface area contributed by atoms with Crippen LogP contribution < -0.4 is 0 Å². The van der Waals surface area contributed by atoms with Crippen LogP contribution in [0.15, 0.2) is 0 Å². The Morgan fingerprint density at radius 1 is 1.50 bits per heavy atom. The molecule has 1 aliphatic rings. The molecular formula is C8H13O4. The lowest BCUT2D eigenvalue weighted by Gasteiger charge is -2.21. The lowest BCUT2D eigenvalue weighted by Crippen LogP contribution is -2.26. The topological polar surface area (TPSA) is 44.8 Å². The second-order valence-corrected chi connectivity index (χ2v) is 2.53. The van der Waals surface area contributed by atoms with E-state index in [1.54, 1.807) is 0 Å². The molecule has 12 heavy (non-hydrogen) atoms. The van der Waals surface area contributed by atoms with Crippen LogP contribution in [0, 0.1) is 6.92 Å². The minimum absolute atomic E-state index is 0.0437. The quantitative estimate of drug-likeness (QED) is 0.587. The van der Waals surface area contributed by atoms with E-state index in [1.165, 1.54) is 0 Å². The van der Waals surface area contributed by atoms with Crippen molar-refractivity contribution >= 4 is 6.16 Å². The molecule has 1 heterocycles. The molecule has 0 aromatic rings. The van der Waals surface area contributed by atoms with Crippen molar-refractivity contribution in [3.05, 3.63) is 6.92 Å². The summed E-state index contributed by atoms with van der Waals surface area (Å²) in [6.45, 7) is 4.79. The maximum Gasteiger partial charge on any atom is 0.508 e. The summed E-state index contributed by atoms with van der Waals surface area (Å²) in [5.41, 5.74) is 0. The van der Waals surface area contributed by atoms with Crippen molar-refractivity contribution in [2.45, 2.75) is 18.9 Å². The molecule has 0 amide bonds. The molecule has 0 spiro atoms. The van der Waals surface area contributed by atoms with Crippen molar-refractivity contribution in [3.8, 4) is 0 Å². The van der Waals surface area contributed by atoms with Crippen LogP contribution in [0.2, 0.25) is 0 Å². The highest BCUT2D eigenvalue weighted by Gasteiger charge is 2.18. The molecule has 1 aliphatic heterocycles. The molecule has 0 aromatic carbocycles. The highest BCUT2D eigenvalue weighted by Crippen LogP contribution is 2.10. The van der Waals surface area contributed by atoms with Crippen molar-refractivity contribution < 1.29 is 19.0 Å². The molecule has 0 saturated carbocycles. The summed E-state index contributed by atoms with van der Waals surface area (Å²) < 4.78 is 14.6. The maximum absolute atomic E-state index is 10.8. The van der Waals surface area contributed by atoms with Crippen molar-refractivity contribution in [1.82, 2.24) is 0 Å². The van der Waals surface area contributed by atoms with E-state index < -0.39 is 6.16 Å². The molecular weight excluding hydrogens is 160 g/mol. The van der Waals surface area contributed by atoms with E-state index in [9.17, 15) is 4.79 Å². The fourth-order valence-electron chi connectivity index (χ4n) is 1.05. The van der Waals surface area contributed by atoms with Gasteiger partial charge >= 0.3 is 6.16 Å². The molecule has 1 radical (unpaired) electrons. The minimum Gasteiger partial charge on any atom is -0.434 e. The van der Waals surface area contributed by atoms with Gasteiger partial charge in [0.25, 0.3) is 0 Å². The maximum atomic E-state index is 10.8. The third kappa shape index (κ3) is 3.09. The smallest absolute Gasteiger partial charge is 0.434 e. The van der Waals surface area contributed by atoms with Gasteiger partial charge in [0.1, 0.15) is 6.10 Å². The second-order valence-electron chi connectivity index (χ2n) is 2.53. The van der Waals surface area contributed by atoms with E-state index in [2.05, 4.69) is 11.7 Å². The van der Waals surface area contributed by atoms with Crippen molar-refractivity contribution in [3.63, 3.8) is 0 Å². The van der Waals surface area contributed by atoms with E-state index in [-0.39, 0.29) is 12.7 Å². The summed E-state index contributed by atoms with van der Waals surface area (Å²) in [7, 11) is 0. The van der Waals surface area contributed by atoms with Crippen molar-refractivity contribution in [2.75, 3.05) is 19.8 Å². The first-order chi connectivity index (χ1) is 5.83. The normalized spacial score (nSPS) is 18.8. The van der Waals surface area contributed by atoms with Gasteiger partial charge in [-0.05, 0) is 6.92 Å². The Hall–Kier alpha value is -0.770. The summed E-state index contributed by atoms with van der Waals surface area (Å²) in [6, 6.07) is 0. The number of carbonyl (C=O) groups excluding carboxylic acids is 1. The van der Waals surface area contributed by atoms with Gasteiger partial charge < -0.3 is 14.2 Å². The number of ether oxygens (including phenoxy) is 3. The first-order valence-corrected chi connectivity index (χ1v) is 4.03. The van der Waals surface area contributed by atoms with Gasteiger partial charge in [-0.25, -0.2) is 4.79 Å². The van der Waals surface area contributed by atoms with Gasteiger partial charge in [-0.3, -0.25) is 0 Å². The van der Waals surface area contributed by atoms with Crippen LogP contribution in [0.3, 0.4) is 0 Å². The molecule has 1 rings (SSSR count). The molecule has 0 atom stereocenters. The lowest BCUT2D eigenvalue weighted by atomic mass is 10.2. The van der Waals surface area contributed by atoms with E-state index >= 15 is 0 Å². The van der Waals surface area contributed by atoms with E-state index in [0.29, 0.717) is 13.2 Å². The van der Waals surface area contributed by atoms with Crippen LogP contribution in [0.1, 0.15) is 12.8 Å². The predicted molar refractivity (Wildman–Crippen MR) is 41.6 cm³/mol. The Morgan fingerprint density at radius 2 is 2.17 bits per heavy atom. The molecule has 1 saturated heterocycles. The standard InChI is InChI=1S/C8H13O4/c1-2-11-8(9)12-7-3-5-10-6-4-7/h7H,1-6H2. The second kappa shape index (κ2) is 4.98. The molecule has 0 N–H and O–H groups in total. The van der Waals surface area contributed by atoms with Gasteiger partial charge in [0.2, 0.25) is 0 Å². The zero-order chi connectivity index (χ0) is 8.81. The number of rotatable bonds is 2. The van der Waals surface area contributed by atoms with Crippen molar-refractivity contribution in [2.24, 2.45) is 0 Å². The zero-order valence-electron chi connectivity index (χ0n) is 6.95. The number of hydrogen-bond acceptors (Lipinski definition) is 4. The highest BCUT2D eigenvalue weighted by atomic mass is 16.7. The molecule has 0 bridgehead atoms. The third-order valence-electron chi connectivity index (χ3n) is 1.65. The van der Waals surface area contributed by atoms with Gasteiger partial charge in [0, 0.05) is 12.8 Å². The molecule has 4 heteroatoms. The third-order valence-corrected chi connectivity index (χ3v) is 1.65. The average molecular weight is 173 g/mol. The van der Waals surface area contributed by atoms with Crippen molar-refractivity contribution in [1.29, 1.82) is 0 Å². The molecule has 4 nitrogen and oxygen atoms in total. The van der Waals surface area contributed by atoms with E-state index in [4.69, 9.17) is 9.47 Å². The lowest BCUT2D eigenvalue weighted by molar-refractivity contribution is -0.0250. The van der Waals surface area contributed by atoms with Crippen LogP contribution >= 0.6 is 0 Å². The Labute approximate surface area is 71.8 Å². The summed E-state index contributed by atoms with van der Waals surface area (Å²) in [5.74, 6) is 0. The highest BCUT2D eigenvalue weighted by molar-refractivity contribution is 5.60. The SMILES string of the molecule is [CH2]COC(=O)OC1CCOCC1. The number of carbonyl (C=O) groups is 1. The first kappa shape index (κ1) is 9.32. The van der Waals surface area contributed by atoms with Crippen LogP contribution in [0.4, 0.5) is 4.79 Å². The Morgan fingerprint density at radius 3 is 2.75 bits per heavy atom. The molecule has 0 unspecified atom stereocenters.